The summed E-state index contributed by atoms with van der Waals surface area (Å²) >= 11 is 0. The highest BCUT2D eigenvalue weighted by Gasteiger charge is 2.07. The van der Waals surface area contributed by atoms with Gasteiger partial charge in [0.2, 0.25) is 10.0 Å². The summed E-state index contributed by atoms with van der Waals surface area (Å²) in [5.41, 5.74) is 1.10. The van der Waals surface area contributed by atoms with Crippen LogP contribution in [0.5, 0.6) is 0 Å². The number of nitrogens with zero attached hydrogens (tertiary/aromatic N) is 3. The first-order chi connectivity index (χ1) is 11.9. The van der Waals surface area contributed by atoms with Gasteiger partial charge in [-0.15, -0.1) is 0 Å². The molecule has 9 heteroatoms. The molecule has 0 atom stereocenters. The smallest absolute Gasteiger partial charge is 0.211 e. The summed E-state index contributed by atoms with van der Waals surface area (Å²) < 4.78 is 25.7. The molecule has 2 aromatic rings. The number of sulfonamides is 1. The molecule has 2 heterocycles. The minimum Gasteiger partial charge on any atom is -0.369 e. The zero-order valence-corrected chi connectivity index (χ0v) is 15.5. The lowest BCUT2D eigenvalue weighted by Gasteiger charge is -2.11. The standard InChI is InChI=1S/C16H24N6O2S/c1-4-9-25(23,24)19-8-7-18-15-11-16(21-13(3)20-15)22-14-10-12(2)5-6-17-14/h5-6,10-11,19H,4,7-9H2,1-3H3,(H2,17,18,20,21,22). The lowest BCUT2D eigenvalue weighted by molar-refractivity contribution is 0.581. The highest BCUT2D eigenvalue weighted by atomic mass is 32.2. The van der Waals surface area contributed by atoms with Crippen LogP contribution >= 0.6 is 0 Å². The fraction of sp³-hybridized carbons (Fsp3) is 0.438. The van der Waals surface area contributed by atoms with E-state index in [0.717, 1.165) is 5.56 Å². The Balaban J connectivity index is 1.94. The third-order valence-electron chi connectivity index (χ3n) is 3.24. The Kier molecular flexibility index (Phi) is 6.65. The quantitative estimate of drug-likeness (QED) is 0.584. The van der Waals surface area contributed by atoms with Crippen molar-refractivity contribution in [3.05, 3.63) is 35.8 Å². The molecule has 136 valence electrons. The van der Waals surface area contributed by atoms with E-state index in [2.05, 4.69) is 30.3 Å². The maximum atomic E-state index is 11.6. The molecule has 3 N–H and O–H groups in total. The Hall–Kier alpha value is -2.26. The third kappa shape index (κ3) is 6.63. The zero-order valence-electron chi connectivity index (χ0n) is 14.7. The lowest BCUT2D eigenvalue weighted by Crippen LogP contribution is -2.30. The van der Waals surface area contributed by atoms with Crippen molar-refractivity contribution in [2.75, 3.05) is 29.5 Å². The van der Waals surface area contributed by atoms with Gasteiger partial charge in [0.1, 0.15) is 23.3 Å². The van der Waals surface area contributed by atoms with Gasteiger partial charge in [0.05, 0.1) is 5.75 Å². The second kappa shape index (κ2) is 8.72. The first-order valence-corrected chi connectivity index (χ1v) is 9.80. The average Bonchev–Trinajstić information content (AvgIpc) is 2.51. The topological polar surface area (TPSA) is 109 Å². The van der Waals surface area contributed by atoms with Crippen LogP contribution in [0.25, 0.3) is 0 Å². The van der Waals surface area contributed by atoms with Gasteiger partial charge >= 0.3 is 0 Å². The molecule has 0 spiro atoms. The molecule has 0 amide bonds. The summed E-state index contributed by atoms with van der Waals surface area (Å²) in [7, 11) is -3.19. The highest BCUT2D eigenvalue weighted by molar-refractivity contribution is 7.89. The van der Waals surface area contributed by atoms with E-state index in [4.69, 9.17) is 0 Å². The lowest BCUT2D eigenvalue weighted by atomic mass is 10.3. The van der Waals surface area contributed by atoms with Crippen molar-refractivity contribution in [1.29, 1.82) is 0 Å². The molecular formula is C16H24N6O2S. The maximum Gasteiger partial charge on any atom is 0.211 e. The largest absolute Gasteiger partial charge is 0.369 e. The van der Waals surface area contributed by atoms with Crippen LogP contribution in [0.15, 0.2) is 24.4 Å². The van der Waals surface area contributed by atoms with Crippen LogP contribution in [0.2, 0.25) is 0 Å². The van der Waals surface area contributed by atoms with Gasteiger partial charge in [-0.2, -0.15) is 0 Å². The van der Waals surface area contributed by atoms with Gasteiger partial charge < -0.3 is 10.6 Å². The molecule has 0 radical (unpaired) electrons. The van der Waals surface area contributed by atoms with Crippen LogP contribution in [-0.2, 0) is 10.0 Å². The molecule has 0 fully saturated rings. The molecule has 0 unspecified atom stereocenters. The van der Waals surface area contributed by atoms with E-state index in [1.54, 1.807) is 19.2 Å². The van der Waals surface area contributed by atoms with Gasteiger partial charge in [-0.25, -0.2) is 28.1 Å². The number of hydrogen-bond acceptors (Lipinski definition) is 7. The molecule has 2 rings (SSSR count). The van der Waals surface area contributed by atoms with E-state index >= 15 is 0 Å². The average molecular weight is 364 g/mol. The Labute approximate surface area is 148 Å². The predicted molar refractivity (Wildman–Crippen MR) is 99.6 cm³/mol. The van der Waals surface area contributed by atoms with Crippen molar-refractivity contribution in [3.63, 3.8) is 0 Å². The first-order valence-electron chi connectivity index (χ1n) is 8.14. The summed E-state index contributed by atoms with van der Waals surface area (Å²) in [5.74, 6) is 2.69. The minimum absolute atomic E-state index is 0.136. The van der Waals surface area contributed by atoms with Crippen LogP contribution in [0.1, 0.15) is 24.7 Å². The second-order valence-corrected chi connectivity index (χ2v) is 7.60. The number of hydrogen-bond donors (Lipinski definition) is 3. The third-order valence-corrected chi connectivity index (χ3v) is 4.83. The van der Waals surface area contributed by atoms with Crippen LogP contribution < -0.4 is 15.4 Å². The molecule has 0 bridgehead atoms. The Morgan fingerprint density at radius 3 is 2.52 bits per heavy atom. The molecule has 8 nitrogen and oxygen atoms in total. The van der Waals surface area contributed by atoms with Crippen molar-refractivity contribution in [2.24, 2.45) is 0 Å². The predicted octanol–water partition coefficient (Wildman–Crippen LogP) is 1.97. The van der Waals surface area contributed by atoms with Crippen molar-refractivity contribution in [1.82, 2.24) is 19.7 Å². The summed E-state index contributed by atoms with van der Waals surface area (Å²) in [5, 5.41) is 6.24. The number of rotatable bonds is 9. The monoisotopic (exact) mass is 364 g/mol. The molecule has 0 aliphatic carbocycles. The zero-order chi connectivity index (χ0) is 18.3. The highest BCUT2D eigenvalue weighted by Crippen LogP contribution is 2.16. The van der Waals surface area contributed by atoms with Crippen LogP contribution in [-0.4, -0.2) is 42.2 Å². The van der Waals surface area contributed by atoms with Crippen molar-refractivity contribution >= 4 is 27.5 Å². The maximum absolute atomic E-state index is 11.6. The van der Waals surface area contributed by atoms with Crippen molar-refractivity contribution in [2.45, 2.75) is 27.2 Å². The molecular weight excluding hydrogens is 340 g/mol. The van der Waals surface area contributed by atoms with E-state index in [-0.39, 0.29) is 5.75 Å². The molecule has 0 saturated heterocycles. The molecule has 0 saturated carbocycles. The molecule has 2 aromatic heterocycles. The number of nitrogens with one attached hydrogen (secondary N) is 3. The van der Waals surface area contributed by atoms with Crippen LogP contribution in [0.3, 0.4) is 0 Å². The van der Waals surface area contributed by atoms with Crippen molar-refractivity contribution in [3.8, 4) is 0 Å². The number of aromatic nitrogens is 3. The summed E-state index contributed by atoms with van der Waals surface area (Å²) in [6.45, 7) is 6.35. The van der Waals surface area contributed by atoms with Gasteiger partial charge in [-0.05, 0) is 38.0 Å². The van der Waals surface area contributed by atoms with E-state index in [0.29, 0.717) is 42.8 Å². The van der Waals surface area contributed by atoms with Gasteiger partial charge in [-0.1, -0.05) is 6.92 Å². The summed E-state index contributed by atoms with van der Waals surface area (Å²) in [4.78, 5) is 12.9. The first kappa shape index (κ1) is 19.1. The molecule has 0 aliphatic rings. The van der Waals surface area contributed by atoms with Crippen LogP contribution in [0.4, 0.5) is 17.5 Å². The van der Waals surface area contributed by atoms with E-state index in [1.807, 2.05) is 26.0 Å². The van der Waals surface area contributed by atoms with Gasteiger partial charge in [0, 0.05) is 25.4 Å². The SMILES string of the molecule is CCCS(=O)(=O)NCCNc1cc(Nc2cc(C)ccn2)nc(C)n1. The Morgan fingerprint density at radius 1 is 1.04 bits per heavy atom. The van der Waals surface area contributed by atoms with Gasteiger partial charge in [0.25, 0.3) is 0 Å². The van der Waals surface area contributed by atoms with E-state index in [9.17, 15) is 8.42 Å². The molecule has 0 aromatic carbocycles. The molecule has 0 aliphatic heterocycles. The van der Waals surface area contributed by atoms with E-state index in [1.165, 1.54) is 0 Å². The summed E-state index contributed by atoms with van der Waals surface area (Å²) in [6, 6.07) is 5.60. The Morgan fingerprint density at radius 2 is 1.80 bits per heavy atom. The molecule has 25 heavy (non-hydrogen) atoms. The minimum atomic E-state index is -3.19. The van der Waals surface area contributed by atoms with Gasteiger partial charge in [0.15, 0.2) is 0 Å². The number of aryl methyl sites for hydroxylation is 2. The van der Waals surface area contributed by atoms with E-state index < -0.39 is 10.0 Å². The number of pyridine rings is 1. The normalized spacial score (nSPS) is 11.3. The number of anilines is 3. The van der Waals surface area contributed by atoms with Gasteiger partial charge in [-0.3, -0.25) is 0 Å². The second-order valence-electron chi connectivity index (χ2n) is 5.67. The van der Waals surface area contributed by atoms with Crippen LogP contribution in [0, 0.1) is 13.8 Å². The fourth-order valence-electron chi connectivity index (χ4n) is 2.20. The Bertz CT molecular complexity index is 810. The summed E-state index contributed by atoms with van der Waals surface area (Å²) in [6.07, 6.45) is 2.32. The fourth-order valence-corrected chi connectivity index (χ4v) is 3.29. The van der Waals surface area contributed by atoms with Crippen molar-refractivity contribution < 1.29 is 8.42 Å².